The number of methoxy groups -OCH3 is 1. The van der Waals surface area contributed by atoms with E-state index in [1.54, 1.807) is 13.2 Å². The van der Waals surface area contributed by atoms with Crippen LogP contribution in [-0.2, 0) is 11.2 Å². The number of benzene rings is 2. The number of carbonyl (C=O) groups excluding carboxylic acids is 2. The molecule has 0 aliphatic heterocycles. The van der Waals surface area contributed by atoms with E-state index in [4.69, 9.17) is 4.74 Å². The number of Topliss-reactive ketones (excluding diaryl/α,β-unsaturated/α-hetero) is 1. The first-order chi connectivity index (χ1) is 11.6. The molecule has 5 heteroatoms. The van der Waals surface area contributed by atoms with Gasteiger partial charge in [-0.3, -0.25) is 9.59 Å². The summed E-state index contributed by atoms with van der Waals surface area (Å²) < 4.78 is 18.6. The highest BCUT2D eigenvalue weighted by Crippen LogP contribution is 2.12. The van der Waals surface area contributed by atoms with Crippen LogP contribution >= 0.6 is 0 Å². The fourth-order valence-corrected chi connectivity index (χ4v) is 2.28. The summed E-state index contributed by atoms with van der Waals surface area (Å²) in [6.07, 6.45) is 0.738. The quantitative estimate of drug-likeness (QED) is 0.757. The van der Waals surface area contributed by atoms with E-state index in [-0.39, 0.29) is 30.1 Å². The summed E-state index contributed by atoms with van der Waals surface area (Å²) in [5.74, 6) is -0.344. The summed E-state index contributed by atoms with van der Waals surface area (Å²) >= 11 is 0. The lowest BCUT2D eigenvalue weighted by Gasteiger charge is -2.06. The van der Waals surface area contributed by atoms with E-state index in [0.29, 0.717) is 13.0 Å². The van der Waals surface area contributed by atoms with Gasteiger partial charge in [0.15, 0.2) is 5.78 Å². The monoisotopic (exact) mass is 329 g/mol. The van der Waals surface area contributed by atoms with Crippen molar-refractivity contribution in [2.45, 2.75) is 19.3 Å². The Morgan fingerprint density at radius 2 is 1.75 bits per heavy atom. The fraction of sp³-hybridized carbons (Fsp3) is 0.263. The minimum Gasteiger partial charge on any atom is -0.497 e. The Hall–Kier alpha value is -2.69. The van der Waals surface area contributed by atoms with Gasteiger partial charge in [0.25, 0.3) is 0 Å². The van der Waals surface area contributed by atoms with E-state index < -0.39 is 5.82 Å². The number of carbonyl (C=O) groups is 2. The van der Waals surface area contributed by atoms with Crippen molar-refractivity contribution < 1.29 is 18.7 Å². The van der Waals surface area contributed by atoms with Gasteiger partial charge in [0.1, 0.15) is 11.6 Å². The highest BCUT2D eigenvalue weighted by molar-refractivity contribution is 5.98. The molecule has 2 aromatic rings. The van der Waals surface area contributed by atoms with Crippen molar-refractivity contribution >= 4 is 11.7 Å². The molecule has 4 nitrogen and oxygen atoms in total. The summed E-state index contributed by atoms with van der Waals surface area (Å²) in [6.45, 7) is 0.485. The third-order valence-corrected chi connectivity index (χ3v) is 3.65. The molecule has 0 aliphatic carbocycles. The van der Waals surface area contributed by atoms with E-state index in [1.807, 2.05) is 24.3 Å². The Morgan fingerprint density at radius 3 is 2.42 bits per heavy atom. The van der Waals surface area contributed by atoms with Gasteiger partial charge in [0.05, 0.1) is 12.7 Å². The molecule has 0 unspecified atom stereocenters. The molecule has 0 saturated carbocycles. The Balaban J connectivity index is 1.71. The number of ether oxygens (including phenoxy) is 1. The zero-order valence-corrected chi connectivity index (χ0v) is 13.5. The predicted octanol–water partition coefficient (Wildman–Crippen LogP) is 3.16. The summed E-state index contributed by atoms with van der Waals surface area (Å²) in [4.78, 5) is 23.7. The highest BCUT2D eigenvalue weighted by atomic mass is 19.1. The largest absolute Gasteiger partial charge is 0.497 e. The molecule has 0 saturated heterocycles. The average molecular weight is 329 g/mol. The number of hydrogen-bond donors (Lipinski definition) is 1. The molecule has 24 heavy (non-hydrogen) atoms. The lowest BCUT2D eigenvalue weighted by atomic mass is 10.1. The second-order valence-electron chi connectivity index (χ2n) is 5.35. The summed E-state index contributed by atoms with van der Waals surface area (Å²) in [6, 6.07) is 13.4. The van der Waals surface area contributed by atoms with Crippen molar-refractivity contribution in [1.82, 2.24) is 5.32 Å². The Labute approximate surface area is 140 Å². The number of rotatable bonds is 8. The molecule has 0 atom stereocenters. The van der Waals surface area contributed by atoms with Crippen molar-refractivity contribution in [3.8, 4) is 5.75 Å². The van der Waals surface area contributed by atoms with Crippen LogP contribution in [0.3, 0.4) is 0 Å². The van der Waals surface area contributed by atoms with Gasteiger partial charge < -0.3 is 10.1 Å². The molecular weight excluding hydrogens is 309 g/mol. The third-order valence-electron chi connectivity index (χ3n) is 3.65. The van der Waals surface area contributed by atoms with E-state index in [0.717, 1.165) is 11.3 Å². The molecule has 0 heterocycles. The number of halogens is 1. The van der Waals surface area contributed by atoms with Crippen molar-refractivity contribution in [2.75, 3.05) is 13.7 Å². The second-order valence-corrected chi connectivity index (χ2v) is 5.35. The van der Waals surface area contributed by atoms with Crippen molar-refractivity contribution in [3.63, 3.8) is 0 Å². The molecule has 0 aromatic heterocycles. The number of nitrogens with one attached hydrogen (secondary N) is 1. The number of ketones is 1. The molecule has 2 rings (SSSR count). The standard InChI is InChI=1S/C19H20FNO3/c1-24-15-8-6-14(7-9-15)12-13-21-19(23)11-10-18(22)16-4-2-3-5-17(16)20/h2-9H,10-13H2,1H3,(H,21,23). The van der Waals surface area contributed by atoms with E-state index in [9.17, 15) is 14.0 Å². The van der Waals surface area contributed by atoms with Gasteiger partial charge in [-0.05, 0) is 36.2 Å². The SMILES string of the molecule is COc1ccc(CCNC(=O)CCC(=O)c2ccccc2F)cc1. The lowest BCUT2D eigenvalue weighted by molar-refractivity contribution is -0.121. The maximum Gasteiger partial charge on any atom is 0.220 e. The molecule has 0 radical (unpaired) electrons. The molecule has 0 spiro atoms. The number of amides is 1. The minimum atomic E-state index is -0.553. The van der Waals surface area contributed by atoms with Gasteiger partial charge in [0, 0.05) is 19.4 Å². The molecule has 1 N–H and O–H groups in total. The first-order valence-electron chi connectivity index (χ1n) is 7.77. The van der Waals surface area contributed by atoms with Crippen molar-refractivity contribution in [3.05, 3.63) is 65.5 Å². The molecule has 126 valence electrons. The maximum absolute atomic E-state index is 13.5. The summed E-state index contributed by atoms with van der Waals surface area (Å²) in [5.41, 5.74) is 1.11. The van der Waals surface area contributed by atoms with Crippen LogP contribution in [0.1, 0.15) is 28.8 Å². The van der Waals surface area contributed by atoms with Crippen LogP contribution in [0.15, 0.2) is 48.5 Å². The Kier molecular flexibility index (Phi) is 6.49. The normalized spacial score (nSPS) is 10.2. The van der Waals surface area contributed by atoms with Crippen LogP contribution in [0, 0.1) is 5.82 Å². The zero-order chi connectivity index (χ0) is 17.4. The van der Waals surface area contributed by atoms with Crippen LogP contribution in [0.5, 0.6) is 5.75 Å². The highest BCUT2D eigenvalue weighted by Gasteiger charge is 2.12. The van der Waals surface area contributed by atoms with E-state index in [2.05, 4.69) is 5.32 Å². The third kappa shape index (κ3) is 5.19. The van der Waals surface area contributed by atoms with Gasteiger partial charge >= 0.3 is 0 Å². The fourth-order valence-electron chi connectivity index (χ4n) is 2.28. The molecule has 0 aliphatic rings. The molecule has 0 fully saturated rings. The van der Waals surface area contributed by atoms with Crippen LogP contribution in [0.2, 0.25) is 0 Å². The zero-order valence-electron chi connectivity index (χ0n) is 13.5. The predicted molar refractivity (Wildman–Crippen MR) is 89.7 cm³/mol. The van der Waals surface area contributed by atoms with Crippen LogP contribution in [-0.4, -0.2) is 25.3 Å². The van der Waals surface area contributed by atoms with Gasteiger partial charge in [0.2, 0.25) is 5.91 Å². The Bertz CT molecular complexity index is 698. The summed E-state index contributed by atoms with van der Waals surface area (Å²) in [5, 5.41) is 2.77. The first kappa shape index (κ1) is 17.7. The van der Waals surface area contributed by atoms with Crippen LogP contribution in [0.25, 0.3) is 0 Å². The first-order valence-corrected chi connectivity index (χ1v) is 7.77. The molecule has 0 bridgehead atoms. The summed E-state index contributed by atoms with van der Waals surface area (Å²) in [7, 11) is 1.61. The topological polar surface area (TPSA) is 55.4 Å². The Morgan fingerprint density at radius 1 is 1.04 bits per heavy atom. The van der Waals surface area contributed by atoms with Gasteiger partial charge in [-0.2, -0.15) is 0 Å². The maximum atomic E-state index is 13.5. The van der Waals surface area contributed by atoms with Gasteiger partial charge in [-0.25, -0.2) is 4.39 Å². The molecule has 1 amide bonds. The lowest BCUT2D eigenvalue weighted by Crippen LogP contribution is -2.26. The van der Waals surface area contributed by atoms with Gasteiger partial charge in [-0.1, -0.05) is 24.3 Å². The minimum absolute atomic E-state index is 0.00466. The van der Waals surface area contributed by atoms with Crippen molar-refractivity contribution in [1.29, 1.82) is 0 Å². The molecular formula is C19H20FNO3. The van der Waals surface area contributed by atoms with Crippen LogP contribution in [0.4, 0.5) is 4.39 Å². The van der Waals surface area contributed by atoms with Gasteiger partial charge in [-0.15, -0.1) is 0 Å². The van der Waals surface area contributed by atoms with E-state index >= 15 is 0 Å². The number of hydrogen-bond acceptors (Lipinski definition) is 3. The molecule has 2 aromatic carbocycles. The smallest absolute Gasteiger partial charge is 0.220 e. The average Bonchev–Trinajstić information content (AvgIpc) is 2.60. The van der Waals surface area contributed by atoms with E-state index in [1.165, 1.54) is 18.2 Å². The van der Waals surface area contributed by atoms with Crippen molar-refractivity contribution in [2.24, 2.45) is 0 Å². The van der Waals surface area contributed by atoms with Crippen LogP contribution < -0.4 is 10.1 Å². The second kappa shape index (κ2) is 8.82.